The number of halogens is 1. The molecule has 0 aromatic carbocycles. The molecule has 1 aromatic rings. The standard InChI is InChI=1S/C22H28BrN5O3/c23-16-11-18(24)17(13-25-21-3-1-2-8-31-21)20(12-16)26-22(29)19-4-7-28(27-19)14-15-5-9-30-10-6-15/h4,7,11-13,15,21,24-25H,1-3,5-6,8-10,14H2,(H,26,29)/b17-13+,24-18?. The minimum Gasteiger partial charge on any atom is -0.381 e. The lowest BCUT2D eigenvalue weighted by Crippen LogP contribution is -2.33. The summed E-state index contributed by atoms with van der Waals surface area (Å²) in [4.78, 5) is 12.9. The molecule has 0 saturated carbocycles. The van der Waals surface area contributed by atoms with E-state index in [9.17, 15) is 4.79 Å². The molecule has 2 saturated heterocycles. The molecule has 1 aliphatic carbocycles. The minimum absolute atomic E-state index is 0.0683. The van der Waals surface area contributed by atoms with E-state index >= 15 is 0 Å². The molecule has 8 nitrogen and oxygen atoms in total. The van der Waals surface area contributed by atoms with Gasteiger partial charge in [-0.15, -0.1) is 0 Å². The third-order valence-corrected chi connectivity index (χ3v) is 6.10. The Hall–Kier alpha value is -2.23. The molecule has 1 amide bonds. The van der Waals surface area contributed by atoms with Gasteiger partial charge in [-0.1, -0.05) is 15.9 Å². The summed E-state index contributed by atoms with van der Waals surface area (Å²) in [7, 11) is 0. The van der Waals surface area contributed by atoms with Crippen molar-refractivity contribution in [1.82, 2.24) is 20.4 Å². The molecular formula is C22H28BrN5O3. The average Bonchev–Trinajstić information content (AvgIpc) is 3.23. The van der Waals surface area contributed by atoms with Gasteiger partial charge < -0.3 is 25.5 Å². The summed E-state index contributed by atoms with van der Waals surface area (Å²) < 4.78 is 13.7. The van der Waals surface area contributed by atoms with E-state index in [0.717, 1.165) is 63.0 Å². The Morgan fingerprint density at radius 1 is 1.26 bits per heavy atom. The molecule has 166 valence electrons. The van der Waals surface area contributed by atoms with Gasteiger partial charge in [0.2, 0.25) is 0 Å². The molecule has 9 heteroatoms. The van der Waals surface area contributed by atoms with Gasteiger partial charge >= 0.3 is 0 Å². The van der Waals surface area contributed by atoms with Crippen molar-refractivity contribution in [2.75, 3.05) is 19.8 Å². The first kappa shape index (κ1) is 22.0. The third kappa shape index (κ3) is 5.93. The van der Waals surface area contributed by atoms with E-state index in [4.69, 9.17) is 14.9 Å². The van der Waals surface area contributed by atoms with Crippen molar-refractivity contribution in [2.24, 2.45) is 5.92 Å². The van der Waals surface area contributed by atoms with Crippen LogP contribution in [-0.4, -0.2) is 47.4 Å². The van der Waals surface area contributed by atoms with Crippen LogP contribution in [0.25, 0.3) is 0 Å². The second kappa shape index (κ2) is 10.4. The molecule has 3 heterocycles. The lowest BCUT2D eigenvalue weighted by Gasteiger charge is -2.24. The molecule has 4 rings (SSSR count). The molecule has 3 aliphatic rings. The van der Waals surface area contributed by atoms with Gasteiger partial charge in [0.1, 0.15) is 6.23 Å². The Morgan fingerprint density at radius 2 is 2.10 bits per heavy atom. The second-order valence-corrected chi connectivity index (χ2v) is 8.93. The lowest BCUT2D eigenvalue weighted by molar-refractivity contribution is 0.00330. The topological polar surface area (TPSA) is 101 Å². The molecule has 1 atom stereocenters. The summed E-state index contributed by atoms with van der Waals surface area (Å²) in [6, 6.07) is 1.73. The first-order valence-electron chi connectivity index (χ1n) is 10.8. The zero-order valence-corrected chi connectivity index (χ0v) is 19.0. The Morgan fingerprint density at radius 3 is 2.87 bits per heavy atom. The van der Waals surface area contributed by atoms with Crippen molar-refractivity contribution in [2.45, 2.75) is 44.9 Å². The fourth-order valence-corrected chi connectivity index (χ4v) is 4.35. The lowest BCUT2D eigenvalue weighted by atomic mass is 10.0. The van der Waals surface area contributed by atoms with Crippen molar-refractivity contribution in [3.8, 4) is 0 Å². The Labute approximate surface area is 190 Å². The average molecular weight is 490 g/mol. The van der Waals surface area contributed by atoms with Crippen LogP contribution in [0.15, 0.2) is 46.4 Å². The van der Waals surface area contributed by atoms with E-state index in [-0.39, 0.29) is 12.1 Å². The predicted molar refractivity (Wildman–Crippen MR) is 121 cm³/mol. The smallest absolute Gasteiger partial charge is 0.276 e. The highest BCUT2D eigenvalue weighted by Gasteiger charge is 2.21. The van der Waals surface area contributed by atoms with Gasteiger partial charge in [-0.05, 0) is 56.2 Å². The van der Waals surface area contributed by atoms with Crippen LogP contribution in [0.2, 0.25) is 0 Å². The van der Waals surface area contributed by atoms with Gasteiger partial charge in [0.15, 0.2) is 5.69 Å². The highest BCUT2D eigenvalue weighted by Crippen LogP contribution is 2.23. The number of allylic oxidation sites excluding steroid dienone is 4. The maximum Gasteiger partial charge on any atom is 0.276 e. The Bertz CT molecular complexity index is 908. The van der Waals surface area contributed by atoms with Crippen molar-refractivity contribution < 1.29 is 14.3 Å². The van der Waals surface area contributed by atoms with Crippen molar-refractivity contribution in [3.63, 3.8) is 0 Å². The summed E-state index contributed by atoms with van der Waals surface area (Å²) in [5.41, 5.74) is 1.81. The van der Waals surface area contributed by atoms with E-state index in [2.05, 4.69) is 31.7 Å². The van der Waals surface area contributed by atoms with Crippen LogP contribution in [-0.2, 0) is 16.0 Å². The van der Waals surface area contributed by atoms with E-state index < -0.39 is 0 Å². The predicted octanol–water partition coefficient (Wildman–Crippen LogP) is 3.24. The fraction of sp³-hybridized carbons (Fsp3) is 0.500. The normalized spacial score (nSPS) is 24.0. The van der Waals surface area contributed by atoms with Crippen molar-refractivity contribution in [3.05, 3.63) is 52.1 Å². The van der Waals surface area contributed by atoms with E-state index in [1.807, 2.05) is 10.9 Å². The van der Waals surface area contributed by atoms with Gasteiger partial charge in [0.25, 0.3) is 5.91 Å². The number of nitrogens with zero attached hydrogens (tertiary/aromatic N) is 2. The summed E-state index contributed by atoms with van der Waals surface area (Å²) in [6.45, 7) is 3.10. The molecule has 0 radical (unpaired) electrons. The number of hydrogen-bond acceptors (Lipinski definition) is 6. The Balaban J connectivity index is 1.42. The molecule has 1 unspecified atom stereocenters. The number of hydrogen-bond donors (Lipinski definition) is 3. The van der Waals surface area contributed by atoms with Crippen LogP contribution >= 0.6 is 15.9 Å². The number of carbonyl (C=O) groups is 1. The molecule has 1 aromatic heterocycles. The molecule has 2 aliphatic heterocycles. The van der Waals surface area contributed by atoms with Crippen LogP contribution < -0.4 is 10.6 Å². The van der Waals surface area contributed by atoms with Crippen LogP contribution in [0, 0.1) is 11.3 Å². The number of nitrogens with one attached hydrogen (secondary N) is 3. The second-order valence-electron chi connectivity index (χ2n) is 8.01. The molecule has 3 N–H and O–H groups in total. The highest BCUT2D eigenvalue weighted by atomic mass is 79.9. The van der Waals surface area contributed by atoms with E-state index in [0.29, 0.717) is 28.6 Å². The zero-order valence-electron chi connectivity index (χ0n) is 17.4. The largest absolute Gasteiger partial charge is 0.381 e. The molecule has 31 heavy (non-hydrogen) atoms. The molecular weight excluding hydrogens is 462 g/mol. The van der Waals surface area contributed by atoms with Crippen LogP contribution in [0.4, 0.5) is 0 Å². The Kier molecular flexibility index (Phi) is 7.37. The minimum atomic E-state index is -0.299. The summed E-state index contributed by atoms with van der Waals surface area (Å²) in [6.07, 6.45) is 12.2. The summed E-state index contributed by atoms with van der Waals surface area (Å²) in [5, 5.41) is 19.0. The first-order chi connectivity index (χ1) is 15.1. The summed E-state index contributed by atoms with van der Waals surface area (Å²) >= 11 is 3.42. The summed E-state index contributed by atoms with van der Waals surface area (Å²) in [5.74, 6) is 0.224. The van der Waals surface area contributed by atoms with Crippen LogP contribution in [0.3, 0.4) is 0 Å². The van der Waals surface area contributed by atoms with Gasteiger partial charge in [-0.25, -0.2) is 0 Å². The van der Waals surface area contributed by atoms with Gasteiger partial charge in [-0.2, -0.15) is 5.10 Å². The molecule has 0 bridgehead atoms. The molecule has 0 spiro atoms. The van der Waals surface area contributed by atoms with Crippen LogP contribution in [0.1, 0.15) is 42.6 Å². The maximum absolute atomic E-state index is 12.9. The highest BCUT2D eigenvalue weighted by molar-refractivity contribution is 9.11. The monoisotopic (exact) mass is 489 g/mol. The molecule has 2 fully saturated rings. The first-order valence-corrected chi connectivity index (χ1v) is 11.6. The SMILES string of the molecule is N=C1C=C(Br)C=C(NC(=O)c2ccn(CC3CCOCC3)n2)/C1=C/NC1CCCCO1. The number of ether oxygens (including phenoxy) is 2. The van der Waals surface area contributed by atoms with Crippen molar-refractivity contribution >= 4 is 27.5 Å². The van der Waals surface area contributed by atoms with Gasteiger partial charge in [0, 0.05) is 48.8 Å². The zero-order chi connectivity index (χ0) is 21.6. The van der Waals surface area contributed by atoms with Gasteiger partial charge in [0.05, 0.1) is 11.4 Å². The quantitative estimate of drug-likeness (QED) is 0.569. The number of amides is 1. The third-order valence-electron chi connectivity index (χ3n) is 5.65. The van der Waals surface area contributed by atoms with Crippen molar-refractivity contribution in [1.29, 1.82) is 5.41 Å². The number of rotatable bonds is 6. The maximum atomic E-state index is 12.9. The van der Waals surface area contributed by atoms with E-state index in [1.54, 1.807) is 24.4 Å². The van der Waals surface area contributed by atoms with Crippen LogP contribution in [0.5, 0.6) is 0 Å². The number of carbonyl (C=O) groups excluding carboxylic acids is 1. The van der Waals surface area contributed by atoms with Gasteiger partial charge in [-0.3, -0.25) is 9.48 Å². The van der Waals surface area contributed by atoms with E-state index in [1.165, 1.54) is 0 Å². The fourth-order valence-electron chi connectivity index (χ4n) is 3.89. The number of aromatic nitrogens is 2.